The molecule has 0 aliphatic carbocycles. The van der Waals surface area contributed by atoms with E-state index >= 15 is 0 Å². The number of benzene rings is 1. The third-order valence-electron chi connectivity index (χ3n) is 4.95. The maximum Gasteiger partial charge on any atom is 0.295 e. The summed E-state index contributed by atoms with van der Waals surface area (Å²) >= 11 is 0. The van der Waals surface area contributed by atoms with Crippen molar-refractivity contribution in [1.29, 1.82) is 0 Å². The van der Waals surface area contributed by atoms with Crippen molar-refractivity contribution in [3.8, 4) is 5.75 Å². The van der Waals surface area contributed by atoms with Gasteiger partial charge in [0.05, 0.1) is 12.2 Å². The van der Waals surface area contributed by atoms with Crippen LogP contribution in [-0.4, -0.2) is 34.8 Å². The summed E-state index contributed by atoms with van der Waals surface area (Å²) in [6, 6.07) is 8.03. The Labute approximate surface area is 170 Å². The number of Topliss-reactive ketones (excluding diaryl/α,β-unsaturated/α-hetero) is 1. The van der Waals surface area contributed by atoms with Gasteiger partial charge in [0.15, 0.2) is 0 Å². The summed E-state index contributed by atoms with van der Waals surface area (Å²) in [6.45, 7) is 8.64. The summed E-state index contributed by atoms with van der Waals surface area (Å²) in [4.78, 5) is 26.9. The minimum Gasteiger partial charge on any atom is -0.507 e. The molecular weight excluding hydrogens is 370 g/mol. The van der Waals surface area contributed by atoms with Crippen LogP contribution in [0.1, 0.15) is 55.4 Å². The second-order valence-electron chi connectivity index (χ2n) is 7.27. The van der Waals surface area contributed by atoms with Crippen molar-refractivity contribution in [3.63, 3.8) is 0 Å². The Morgan fingerprint density at radius 1 is 1.14 bits per heavy atom. The average molecular weight is 397 g/mol. The van der Waals surface area contributed by atoms with Gasteiger partial charge in [0.25, 0.3) is 11.7 Å². The molecule has 0 saturated carbocycles. The lowest BCUT2D eigenvalue weighted by atomic mass is 9.98. The second kappa shape index (κ2) is 8.55. The fourth-order valence-electron chi connectivity index (χ4n) is 3.57. The molecule has 29 heavy (non-hydrogen) atoms. The van der Waals surface area contributed by atoms with E-state index in [9.17, 15) is 14.7 Å². The molecule has 1 aromatic heterocycles. The van der Waals surface area contributed by atoms with E-state index in [2.05, 4.69) is 0 Å². The number of ether oxygens (including phenoxy) is 1. The highest BCUT2D eigenvalue weighted by Gasteiger charge is 2.47. The van der Waals surface area contributed by atoms with Gasteiger partial charge in [-0.15, -0.1) is 0 Å². The number of carbonyl (C=O) groups excluding carboxylic acids is 2. The topological polar surface area (TPSA) is 80.0 Å². The van der Waals surface area contributed by atoms with Gasteiger partial charge in [0, 0.05) is 12.1 Å². The first-order chi connectivity index (χ1) is 13.9. The van der Waals surface area contributed by atoms with Gasteiger partial charge in [-0.05, 0) is 62.6 Å². The molecule has 6 nitrogen and oxygen atoms in total. The van der Waals surface area contributed by atoms with Gasteiger partial charge >= 0.3 is 0 Å². The second-order valence-corrected chi connectivity index (χ2v) is 7.27. The summed E-state index contributed by atoms with van der Waals surface area (Å²) in [6.07, 6.45) is 1.58. The van der Waals surface area contributed by atoms with E-state index in [4.69, 9.17) is 9.15 Å². The molecule has 1 fully saturated rings. The van der Waals surface area contributed by atoms with Gasteiger partial charge in [0.2, 0.25) is 0 Å². The Bertz CT molecular complexity index is 956. The van der Waals surface area contributed by atoms with Crippen LogP contribution < -0.4 is 4.74 Å². The van der Waals surface area contributed by atoms with Crippen LogP contribution in [0.3, 0.4) is 0 Å². The van der Waals surface area contributed by atoms with Crippen LogP contribution in [0.25, 0.3) is 5.76 Å². The van der Waals surface area contributed by atoms with Gasteiger partial charge in [-0.2, -0.15) is 0 Å². The minimum atomic E-state index is -0.736. The lowest BCUT2D eigenvalue weighted by molar-refractivity contribution is -0.140. The molecule has 2 aromatic rings. The molecule has 6 heteroatoms. The van der Waals surface area contributed by atoms with E-state index in [1.54, 1.807) is 37.3 Å². The van der Waals surface area contributed by atoms with E-state index in [-0.39, 0.29) is 11.3 Å². The molecule has 0 spiro atoms. The molecule has 1 saturated heterocycles. The molecule has 0 radical (unpaired) electrons. The molecule has 2 heterocycles. The predicted molar refractivity (Wildman–Crippen MR) is 110 cm³/mol. The van der Waals surface area contributed by atoms with Gasteiger partial charge < -0.3 is 19.2 Å². The normalized spacial score (nSPS) is 18.5. The molecule has 154 valence electrons. The number of nitrogens with zero attached hydrogens (tertiary/aromatic N) is 1. The van der Waals surface area contributed by atoms with Crippen molar-refractivity contribution in [2.24, 2.45) is 0 Å². The molecule has 3 rings (SSSR count). The number of aryl methyl sites for hydroxylation is 2. The largest absolute Gasteiger partial charge is 0.507 e. The first-order valence-electron chi connectivity index (χ1n) is 9.97. The van der Waals surface area contributed by atoms with Crippen LogP contribution in [0.2, 0.25) is 0 Å². The summed E-state index contributed by atoms with van der Waals surface area (Å²) in [7, 11) is 0. The average Bonchev–Trinajstić information content (AvgIpc) is 3.23. The quantitative estimate of drug-likeness (QED) is 0.422. The first-order valence-corrected chi connectivity index (χ1v) is 9.97. The van der Waals surface area contributed by atoms with Crippen LogP contribution in [0.15, 0.2) is 40.3 Å². The van der Waals surface area contributed by atoms with Gasteiger partial charge in [0.1, 0.15) is 29.1 Å². The van der Waals surface area contributed by atoms with Gasteiger partial charge in [-0.25, -0.2) is 0 Å². The molecule has 1 N–H and O–H groups in total. The number of hydrogen-bond donors (Lipinski definition) is 1. The van der Waals surface area contributed by atoms with Crippen LogP contribution in [-0.2, 0) is 9.59 Å². The van der Waals surface area contributed by atoms with E-state index in [1.807, 2.05) is 20.8 Å². The molecule has 1 aromatic carbocycles. The number of hydrogen-bond acceptors (Lipinski definition) is 5. The van der Waals surface area contributed by atoms with Crippen molar-refractivity contribution in [1.82, 2.24) is 4.90 Å². The zero-order valence-corrected chi connectivity index (χ0v) is 17.3. The highest BCUT2D eigenvalue weighted by molar-refractivity contribution is 6.46. The number of rotatable bonds is 7. The summed E-state index contributed by atoms with van der Waals surface area (Å²) in [5.74, 6) is 0.358. The fourth-order valence-corrected chi connectivity index (χ4v) is 3.57. The number of amides is 1. The zero-order valence-electron chi connectivity index (χ0n) is 17.3. The van der Waals surface area contributed by atoms with Gasteiger partial charge in [-0.3, -0.25) is 9.59 Å². The Hall–Kier alpha value is -3.02. The van der Waals surface area contributed by atoms with Crippen molar-refractivity contribution in [3.05, 3.63) is 58.6 Å². The monoisotopic (exact) mass is 397 g/mol. The standard InChI is InChI=1S/C23H27NO5/c1-5-11-24-20(18-9-7-15(4)29-18)19(22(26)23(24)27)21(25)16-8-10-17(14(3)13-16)28-12-6-2/h7-10,13,20,25H,5-6,11-12H2,1-4H3/b21-19-. The Morgan fingerprint density at radius 2 is 1.90 bits per heavy atom. The Balaban J connectivity index is 2.09. The van der Waals surface area contributed by atoms with E-state index < -0.39 is 17.7 Å². The molecular formula is C23H27NO5. The fraction of sp³-hybridized carbons (Fsp3) is 0.391. The van der Waals surface area contributed by atoms with Crippen LogP contribution in [0, 0.1) is 13.8 Å². The maximum absolute atomic E-state index is 12.8. The van der Waals surface area contributed by atoms with Crippen LogP contribution in [0.5, 0.6) is 5.75 Å². The molecule has 1 unspecified atom stereocenters. The lowest BCUT2D eigenvalue weighted by Crippen LogP contribution is -2.30. The zero-order chi connectivity index (χ0) is 21.1. The maximum atomic E-state index is 12.8. The number of aliphatic hydroxyl groups excluding tert-OH is 1. The summed E-state index contributed by atoms with van der Waals surface area (Å²) in [5.41, 5.74) is 1.37. The third-order valence-corrected chi connectivity index (χ3v) is 4.95. The number of furan rings is 1. The lowest BCUT2D eigenvalue weighted by Gasteiger charge is -2.22. The molecule has 0 bridgehead atoms. The Kier molecular flexibility index (Phi) is 6.11. The third kappa shape index (κ3) is 3.92. The van der Waals surface area contributed by atoms with Crippen LogP contribution in [0.4, 0.5) is 0 Å². The van der Waals surface area contributed by atoms with E-state index in [0.29, 0.717) is 36.7 Å². The molecule has 1 amide bonds. The number of aliphatic hydroxyl groups is 1. The molecule has 1 aliphatic heterocycles. The van der Waals surface area contributed by atoms with Crippen molar-refractivity contribution >= 4 is 17.4 Å². The van der Waals surface area contributed by atoms with Crippen molar-refractivity contribution < 1.29 is 23.8 Å². The minimum absolute atomic E-state index is 0.0550. The van der Waals surface area contributed by atoms with Crippen molar-refractivity contribution in [2.45, 2.75) is 46.6 Å². The smallest absolute Gasteiger partial charge is 0.295 e. The molecule has 1 atom stereocenters. The van der Waals surface area contributed by atoms with E-state index in [0.717, 1.165) is 17.7 Å². The Morgan fingerprint density at radius 3 is 2.48 bits per heavy atom. The number of ketones is 1. The summed E-state index contributed by atoms with van der Waals surface area (Å²) in [5, 5.41) is 11.0. The van der Waals surface area contributed by atoms with Gasteiger partial charge in [-0.1, -0.05) is 13.8 Å². The number of likely N-dealkylation sites (tertiary alicyclic amines) is 1. The number of carbonyl (C=O) groups is 2. The molecule has 1 aliphatic rings. The summed E-state index contributed by atoms with van der Waals surface area (Å²) < 4.78 is 11.4. The van der Waals surface area contributed by atoms with Crippen LogP contribution >= 0.6 is 0 Å². The highest BCUT2D eigenvalue weighted by Crippen LogP contribution is 2.40. The SMILES string of the molecule is CCCOc1ccc(/C(O)=C2/C(=O)C(=O)N(CCC)C2c2ccc(C)o2)cc1C. The predicted octanol–water partition coefficient (Wildman–Crippen LogP) is 4.52. The highest BCUT2D eigenvalue weighted by atomic mass is 16.5. The van der Waals surface area contributed by atoms with Crippen molar-refractivity contribution in [2.75, 3.05) is 13.2 Å². The first kappa shape index (κ1) is 20.7. The van der Waals surface area contributed by atoms with E-state index in [1.165, 1.54) is 4.90 Å².